The highest BCUT2D eigenvalue weighted by Gasteiger charge is 2.21. The molecule has 106 valence electrons. The van der Waals surface area contributed by atoms with Gasteiger partial charge in [0.05, 0.1) is 4.90 Å². The van der Waals surface area contributed by atoms with Crippen molar-refractivity contribution in [2.75, 3.05) is 13.1 Å². The Morgan fingerprint density at radius 1 is 1.11 bits per heavy atom. The van der Waals surface area contributed by atoms with Gasteiger partial charge in [0, 0.05) is 24.6 Å². The van der Waals surface area contributed by atoms with E-state index in [1.54, 1.807) is 26.0 Å². The van der Waals surface area contributed by atoms with Crippen LogP contribution in [0.2, 0.25) is 0 Å². The monoisotopic (exact) mass is 283 g/mol. The average Bonchev–Trinajstić information content (AvgIpc) is 2.39. The maximum atomic E-state index is 12.3. The molecular formula is C14H21NO3S. The van der Waals surface area contributed by atoms with Crippen molar-refractivity contribution in [3.63, 3.8) is 0 Å². The molecule has 0 aromatic heterocycles. The van der Waals surface area contributed by atoms with Gasteiger partial charge in [0.15, 0.2) is 5.78 Å². The summed E-state index contributed by atoms with van der Waals surface area (Å²) >= 11 is 0. The van der Waals surface area contributed by atoms with Gasteiger partial charge < -0.3 is 0 Å². The molecule has 0 fully saturated rings. The van der Waals surface area contributed by atoms with Crippen molar-refractivity contribution in [3.05, 3.63) is 29.8 Å². The molecule has 0 saturated carbocycles. The van der Waals surface area contributed by atoms with Gasteiger partial charge >= 0.3 is 0 Å². The zero-order chi connectivity index (χ0) is 14.6. The molecule has 0 bridgehead atoms. The molecule has 1 rings (SSSR count). The maximum absolute atomic E-state index is 12.3. The summed E-state index contributed by atoms with van der Waals surface area (Å²) in [5, 5.41) is 0. The third-order valence-electron chi connectivity index (χ3n) is 3.01. The van der Waals surface area contributed by atoms with Crippen molar-refractivity contribution in [1.29, 1.82) is 0 Å². The van der Waals surface area contributed by atoms with Crippen molar-refractivity contribution in [3.8, 4) is 0 Å². The van der Waals surface area contributed by atoms with Gasteiger partial charge in [-0.1, -0.05) is 39.8 Å². The Bertz CT molecular complexity index is 528. The summed E-state index contributed by atoms with van der Waals surface area (Å²) in [6.45, 7) is 8.12. The van der Waals surface area contributed by atoms with Crippen molar-refractivity contribution in [2.45, 2.75) is 32.6 Å². The zero-order valence-corrected chi connectivity index (χ0v) is 12.7. The lowest BCUT2D eigenvalue weighted by molar-refractivity contribution is 0.0939. The second kappa shape index (κ2) is 6.30. The number of carbonyl (C=O) groups excluding carboxylic acids is 1. The fraction of sp³-hybridized carbons (Fsp3) is 0.500. The molecule has 5 heteroatoms. The fourth-order valence-electron chi connectivity index (χ4n) is 1.84. The van der Waals surface area contributed by atoms with Gasteiger partial charge in [-0.2, -0.15) is 4.31 Å². The second-order valence-electron chi connectivity index (χ2n) is 4.63. The van der Waals surface area contributed by atoms with E-state index in [0.29, 0.717) is 18.7 Å². The van der Waals surface area contributed by atoms with Crippen molar-refractivity contribution in [1.82, 2.24) is 4.31 Å². The summed E-state index contributed by atoms with van der Waals surface area (Å²) in [5.74, 6) is -0.0722. The highest BCUT2D eigenvalue weighted by atomic mass is 32.2. The molecule has 0 radical (unpaired) electrons. The van der Waals surface area contributed by atoms with Crippen LogP contribution in [-0.4, -0.2) is 31.6 Å². The lowest BCUT2D eigenvalue weighted by atomic mass is 10.0. The van der Waals surface area contributed by atoms with E-state index < -0.39 is 10.0 Å². The molecule has 0 unspecified atom stereocenters. The predicted octanol–water partition coefficient (Wildman–Crippen LogP) is 2.56. The predicted molar refractivity (Wildman–Crippen MR) is 75.7 cm³/mol. The quantitative estimate of drug-likeness (QED) is 0.754. The summed E-state index contributed by atoms with van der Waals surface area (Å²) in [7, 11) is -3.44. The van der Waals surface area contributed by atoms with Gasteiger partial charge in [-0.15, -0.1) is 0 Å². The highest BCUT2D eigenvalue weighted by Crippen LogP contribution is 2.17. The number of nitrogens with zero attached hydrogens (tertiary/aromatic N) is 1. The third kappa shape index (κ3) is 3.42. The van der Waals surface area contributed by atoms with Crippen molar-refractivity contribution >= 4 is 15.8 Å². The van der Waals surface area contributed by atoms with E-state index in [-0.39, 0.29) is 16.6 Å². The van der Waals surface area contributed by atoms with Gasteiger partial charge in [-0.05, 0) is 12.1 Å². The summed E-state index contributed by atoms with van der Waals surface area (Å²) in [5.41, 5.74) is 0.550. The van der Waals surface area contributed by atoms with E-state index in [2.05, 4.69) is 0 Å². The molecule has 0 saturated heterocycles. The Hall–Kier alpha value is -1.20. The largest absolute Gasteiger partial charge is 0.294 e. The van der Waals surface area contributed by atoms with Gasteiger partial charge in [0.1, 0.15) is 0 Å². The smallest absolute Gasteiger partial charge is 0.243 e. The van der Waals surface area contributed by atoms with Crippen LogP contribution in [0, 0.1) is 5.92 Å². The number of benzene rings is 1. The number of hydrogen-bond acceptors (Lipinski definition) is 3. The second-order valence-corrected chi connectivity index (χ2v) is 6.57. The first-order valence-electron chi connectivity index (χ1n) is 6.49. The molecule has 1 aromatic rings. The van der Waals surface area contributed by atoms with Crippen molar-refractivity contribution in [2.24, 2.45) is 5.92 Å². The highest BCUT2D eigenvalue weighted by molar-refractivity contribution is 7.89. The average molecular weight is 283 g/mol. The molecule has 0 N–H and O–H groups in total. The molecule has 0 amide bonds. The number of carbonyl (C=O) groups is 1. The molecule has 0 aliphatic carbocycles. The van der Waals surface area contributed by atoms with E-state index in [4.69, 9.17) is 0 Å². The van der Waals surface area contributed by atoms with Gasteiger partial charge in [0.25, 0.3) is 0 Å². The van der Waals surface area contributed by atoms with E-state index >= 15 is 0 Å². The van der Waals surface area contributed by atoms with Crippen LogP contribution < -0.4 is 0 Å². The minimum atomic E-state index is -3.44. The van der Waals surface area contributed by atoms with Crippen LogP contribution in [0.3, 0.4) is 0 Å². The minimum Gasteiger partial charge on any atom is -0.294 e. The van der Waals surface area contributed by atoms with Crippen molar-refractivity contribution < 1.29 is 13.2 Å². The Balaban J connectivity index is 3.09. The molecular weight excluding hydrogens is 262 g/mol. The Morgan fingerprint density at radius 3 is 1.95 bits per heavy atom. The first kappa shape index (κ1) is 15.9. The lowest BCUT2D eigenvalue weighted by Gasteiger charge is -2.18. The van der Waals surface area contributed by atoms with Crippen LogP contribution >= 0.6 is 0 Å². The van der Waals surface area contributed by atoms with Crippen LogP contribution in [0.4, 0.5) is 0 Å². The Morgan fingerprint density at radius 2 is 1.58 bits per heavy atom. The van der Waals surface area contributed by atoms with Crippen LogP contribution in [-0.2, 0) is 10.0 Å². The lowest BCUT2D eigenvalue weighted by Crippen LogP contribution is -2.30. The molecule has 4 nitrogen and oxygen atoms in total. The molecule has 0 spiro atoms. The topological polar surface area (TPSA) is 54.5 Å². The van der Waals surface area contributed by atoms with E-state index in [0.717, 1.165) is 0 Å². The Kier molecular flexibility index (Phi) is 5.26. The number of rotatable bonds is 6. The zero-order valence-electron chi connectivity index (χ0n) is 11.9. The normalized spacial score (nSPS) is 12.1. The fourth-order valence-corrected chi connectivity index (χ4v) is 3.30. The maximum Gasteiger partial charge on any atom is 0.243 e. The summed E-state index contributed by atoms with van der Waals surface area (Å²) in [6, 6.07) is 6.17. The van der Waals surface area contributed by atoms with E-state index in [1.807, 2.05) is 13.8 Å². The van der Waals surface area contributed by atoms with E-state index in [1.165, 1.54) is 16.4 Å². The van der Waals surface area contributed by atoms with Gasteiger partial charge in [-0.25, -0.2) is 8.42 Å². The Labute approximate surface area is 115 Å². The first-order valence-corrected chi connectivity index (χ1v) is 7.93. The van der Waals surface area contributed by atoms with Crippen LogP contribution in [0.1, 0.15) is 38.1 Å². The molecule has 0 heterocycles. The van der Waals surface area contributed by atoms with E-state index in [9.17, 15) is 13.2 Å². The van der Waals surface area contributed by atoms with Gasteiger partial charge in [0.2, 0.25) is 10.0 Å². The summed E-state index contributed by atoms with van der Waals surface area (Å²) < 4.78 is 25.9. The molecule has 0 atom stereocenters. The standard InChI is InChI=1S/C14H21NO3S/c1-5-15(6-2)19(17,18)13-9-7-12(8-10-13)14(16)11(3)4/h7-11H,5-6H2,1-4H3. The van der Waals surface area contributed by atoms with Gasteiger partial charge in [-0.3, -0.25) is 4.79 Å². The minimum absolute atomic E-state index is 0.0202. The summed E-state index contributed by atoms with van der Waals surface area (Å²) in [4.78, 5) is 12.0. The SMILES string of the molecule is CCN(CC)S(=O)(=O)c1ccc(C(=O)C(C)C)cc1. The first-order chi connectivity index (χ1) is 8.84. The molecule has 0 aliphatic rings. The molecule has 0 aliphatic heterocycles. The molecule has 19 heavy (non-hydrogen) atoms. The summed E-state index contributed by atoms with van der Waals surface area (Å²) in [6.07, 6.45) is 0. The third-order valence-corrected chi connectivity index (χ3v) is 5.07. The molecule has 1 aromatic carbocycles. The van der Waals surface area contributed by atoms with Crippen LogP contribution in [0.5, 0.6) is 0 Å². The number of sulfonamides is 1. The number of hydrogen-bond donors (Lipinski definition) is 0. The number of ketones is 1. The number of Topliss-reactive ketones (excluding diaryl/α,β-unsaturated/α-hetero) is 1. The van der Waals surface area contributed by atoms with Crippen LogP contribution in [0.15, 0.2) is 29.2 Å². The van der Waals surface area contributed by atoms with Crippen LogP contribution in [0.25, 0.3) is 0 Å².